The quantitative estimate of drug-likeness (QED) is 0.649. The van der Waals surface area contributed by atoms with E-state index in [1.807, 2.05) is 0 Å². The summed E-state index contributed by atoms with van der Waals surface area (Å²) in [7, 11) is 0. The fourth-order valence-corrected chi connectivity index (χ4v) is 1.40. The highest BCUT2D eigenvalue weighted by atomic mass is 19.1. The molecule has 12 heavy (non-hydrogen) atoms. The molecule has 68 valence electrons. The molecule has 2 nitrogen and oxygen atoms in total. The lowest BCUT2D eigenvalue weighted by molar-refractivity contribution is -0.147. The molecule has 0 bridgehead atoms. The standard InChI is InChI=1S/C9H13FO2/c1-9(10,8(11)12)7-5-3-2-4-6-7/h5H,2-4,6H2,1H3,(H,11,12). The average Bonchev–Trinajstić information content (AvgIpc) is 2.06. The van der Waals surface area contributed by atoms with Crippen LogP contribution in [0.5, 0.6) is 0 Å². The number of hydrogen-bond acceptors (Lipinski definition) is 1. The molecule has 1 aliphatic carbocycles. The van der Waals surface area contributed by atoms with E-state index in [1.54, 1.807) is 6.08 Å². The number of aliphatic carboxylic acids is 1. The molecule has 0 fully saturated rings. The van der Waals surface area contributed by atoms with Crippen LogP contribution in [0.3, 0.4) is 0 Å². The average molecular weight is 172 g/mol. The summed E-state index contributed by atoms with van der Waals surface area (Å²) in [6, 6.07) is 0. The first-order valence-electron chi connectivity index (χ1n) is 4.17. The molecule has 0 amide bonds. The Hall–Kier alpha value is -0.860. The van der Waals surface area contributed by atoms with Crippen LogP contribution in [0.1, 0.15) is 32.6 Å². The van der Waals surface area contributed by atoms with E-state index in [0.29, 0.717) is 12.0 Å². The lowest BCUT2D eigenvalue weighted by Crippen LogP contribution is -2.32. The molecule has 0 aromatic carbocycles. The van der Waals surface area contributed by atoms with E-state index < -0.39 is 11.6 Å². The predicted octanol–water partition coefficient (Wildman–Crippen LogP) is 2.30. The molecule has 1 rings (SSSR count). The van der Waals surface area contributed by atoms with Crippen LogP contribution < -0.4 is 0 Å². The van der Waals surface area contributed by atoms with Gasteiger partial charge in [-0.3, -0.25) is 0 Å². The number of halogens is 1. The minimum absolute atomic E-state index is 0.432. The Balaban J connectivity index is 2.79. The summed E-state index contributed by atoms with van der Waals surface area (Å²) in [5, 5.41) is 8.58. The molecule has 0 saturated heterocycles. The predicted molar refractivity (Wildman–Crippen MR) is 43.7 cm³/mol. The second-order valence-corrected chi connectivity index (χ2v) is 3.28. The van der Waals surface area contributed by atoms with Crippen molar-refractivity contribution >= 4 is 5.97 Å². The van der Waals surface area contributed by atoms with Gasteiger partial charge in [0.2, 0.25) is 5.67 Å². The minimum atomic E-state index is -2.15. The zero-order chi connectivity index (χ0) is 9.19. The Kier molecular flexibility index (Phi) is 2.50. The van der Waals surface area contributed by atoms with Gasteiger partial charge in [-0.15, -0.1) is 0 Å². The van der Waals surface area contributed by atoms with Gasteiger partial charge in [0, 0.05) is 0 Å². The van der Waals surface area contributed by atoms with Gasteiger partial charge in [0.05, 0.1) is 0 Å². The summed E-state index contributed by atoms with van der Waals surface area (Å²) < 4.78 is 13.4. The number of allylic oxidation sites excluding steroid dienone is 1. The molecular weight excluding hydrogens is 159 g/mol. The third kappa shape index (κ3) is 1.65. The number of carboxylic acids is 1. The third-order valence-corrected chi connectivity index (χ3v) is 2.30. The van der Waals surface area contributed by atoms with Gasteiger partial charge in [-0.2, -0.15) is 0 Å². The third-order valence-electron chi connectivity index (χ3n) is 2.30. The van der Waals surface area contributed by atoms with Crippen LogP contribution in [-0.4, -0.2) is 16.7 Å². The van der Waals surface area contributed by atoms with Gasteiger partial charge >= 0.3 is 5.97 Å². The zero-order valence-corrected chi connectivity index (χ0v) is 7.14. The van der Waals surface area contributed by atoms with Crippen molar-refractivity contribution in [2.75, 3.05) is 0 Å². The van der Waals surface area contributed by atoms with E-state index in [4.69, 9.17) is 5.11 Å². The van der Waals surface area contributed by atoms with Gasteiger partial charge in [0.15, 0.2) is 0 Å². The number of hydrogen-bond donors (Lipinski definition) is 1. The summed E-state index contributed by atoms with van der Waals surface area (Å²) >= 11 is 0. The highest BCUT2D eigenvalue weighted by molar-refractivity contribution is 5.81. The van der Waals surface area contributed by atoms with Crippen molar-refractivity contribution in [3.05, 3.63) is 11.6 Å². The second kappa shape index (κ2) is 3.25. The molecule has 3 heteroatoms. The van der Waals surface area contributed by atoms with Gasteiger partial charge < -0.3 is 5.11 Å². The largest absolute Gasteiger partial charge is 0.479 e. The monoisotopic (exact) mass is 172 g/mol. The molecule has 1 atom stereocenters. The van der Waals surface area contributed by atoms with Crippen LogP contribution >= 0.6 is 0 Å². The van der Waals surface area contributed by atoms with Gasteiger partial charge in [-0.05, 0) is 38.2 Å². The molecule has 0 spiro atoms. The fourth-order valence-electron chi connectivity index (χ4n) is 1.40. The molecule has 1 aliphatic rings. The van der Waals surface area contributed by atoms with Crippen LogP contribution in [0, 0.1) is 0 Å². The molecule has 0 radical (unpaired) electrons. The summed E-state index contributed by atoms with van der Waals surface area (Å²) in [5.74, 6) is -1.38. The molecule has 0 aromatic heterocycles. The van der Waals surface area contributed by atoms with Crippen molar-refractivity contribution in [3.63, 3.8) is 0 Å². The Morgan fingerprint density at radius 3 is 2.75 bits per heavy atom. The fraction of sp³-hybridized carbons (Fsp3) is 0.667. The summed E-state index contributed by atoms with van der Waals surface area (Å²) in [6.07, 6.45) is 5.05. The first kappa shape index (κ1) is 9.23. The molecular formula is C9H13FO2. The zero-order valence-electron chi connectivity index (χ0n) is 7.14. The number of alkyl halides is 1. The maximum Gasteiger partial charge on any atom is 0.345 e. The van der Waals surface area contributed by atoms with Crippen LogP contribution in [0.4, 0.5) is 4.39 Å². The van der Waals surface area contributed by atoms with E-state index in [-0.39, 0.29) is 0 Å². The summed E-state index contributed by atoms with van der Waals surface area (Å²) in [4.78, 5) is 10.5. The summed E-state index contributed by atoms with van der Waals surface area (Å²) in [6.45, 7) is 1.12. The van der Waals surface area contributed by atoms with Gasteiger partial charge in [-0.25, -0.2) is 9.18 Å². The Bertz CT molecular complexity index is 219. The van der Waals surface area contributed by atoms with Crippen molar-refractivity contribution in [1.82, 2.24) is 0 Å². The van der Waals surface area contributed by atoms with Crippen molar-refractivity contribution in [2.24, 2.45) is 0 Å². The summed E-state index contributed by atoms with van der Waals surface area (Å²) in [5.41, 5.74) is -1.72. The Morgan fingerprint density at radius 1 is 1.67 bits per heavy atom. The SMILES string of the molecule is CC(F)(C(=O)O)C1=CCCCC1. The topological polar surface area (TPSA) is 37.3 Å². The van der Waals surface area contributed by atoms with Crippen LogP contribution in [0.2, 0.25) is 0 Å². The van der Waals surface area contributed by atoms with E-state index in [1.165, 1.54) is 0 Å². The van der Waals surface area contributed by atoms with Crippen molar-refractivity contribution in [1.29, 1.82) is 0 Å². The molecule has 0 aromatic rings. The number of rotatable bonds is 2. The van der Waals surface area contributed by atoms with Gasteiger partial charge in [-0.1, -0.05) is 6.08 Å². The molecule has 1 N–H and O–H groups in total. The first-order valence-corrected chi connectivity index (χ1v) is 4.17. The van der Waals surface area contributed by atoms with E-state index in [9.17, 15) is 9.18 Å². The molecule has 1 unspecified atom stereocenters. The number of carboxylic acid groups (broad SMARTS) is 1. The maximum absolute atomic E-state index is 13.4. The maximum atomic E-state index is 13.4. The normalized spacial score (nSPS) is 22.7. The van der Waals surface area contributed by atoms with Crippen LogP contribution in [0.25, 0.3) is 0 Å². The number of carbonyl (C=O) groups is 1. The molecule has 0 saturated carbocycles. The van der Waals surface area contributed by atoms with Gasteiger partial charge in [0.25, 0.3) is 0 Å². The van der Waals surface area contributed by atoms with E-state index in [0.717, 1.165) is 26.2 Å². The Labute approximate surface area is 71.1 Å². The Morgan fingerprint density at radius 2 is 2.33 bits per heavy atom. The van der Waals surface area contributed by atoms with Crippen molar-refractivity contribution < 1.29 is 14.3 Å². The van der Waals surface area contributed by atoms with E-state index >= 15 is 0 Å². The molecule has 0 heterocycles. The highest BCUT2D eigenvalue weighted by Gasteiger charge is 2.37. The lowest BCUT2D eigenvalue weighted by Gasteiger charge is -2.22. The lowest BCUT2D eigenvalue weighted by atomic mass is 9.88. The van der Waals surface area contributed by atoms with Gasteiger partial charge in [0.1, 0.15) is 0 Å². The van der Waals surface area contributed by atoms with E-state index in [2.05, 4.69) is 0 Å². The smallest absolute Gasteiger partial charge is 0.345 e. The molecule has 0 aliphatic heterocycles. The first-order chi connectivity index (χ1) is 5.55. The van der Waals surface area contributed by atoms with Crippen LogP contribution in [-0.2, 0) is 4.79 Å². The minimum Gasteiger partial charge on any atom is -0.479 e. The van der Waals surface area contributed by atoms with Crippen LogP contribution in [0.15, 0.2) is 11.6 Å². The van der Waals surface area contributed by atoms with Crippen molar-refractivity contribution in [3.8, 4) is 0 Å². The van der Waals surface area contributed by atoms with Crippen molar-refractivity contribution in [2.45, 2.75) is 38.3 Å². The second-order valence-electron chi connectivity index (χ2n) is 3.28. The highest BCUT2D eigenvalue weighted by Crippen LogP contribution is 2.30.